The molecule has 0 bridgehead atoms. The third-order valence-electron chi connectivity index (χ3n) is 3.60. The van der Waals surface area contributed by atoms with E-state index in [2.05, 4.69) is 0 Å². The van der Waals surface area contributed by atoms with E-state index in [4.69, 9.17) is 14.2 Å². The molecule has 0 atom stereocenters. The smallest absolute Gasteiger partial charge is 0.231 e. The molecule has 0 unspecified atom stereocenters. The SMILES string of the molecule is CCCOc1cc(C=C2Oc3cc(O)ccc3C2=O)ccc1OC. The lowest BCUT2D eigenvalue weighted by Gasteiger charge is -2.10. The van der Waals surface area contributed by atoms with Gasteiger partial charge in [-0.05, 0) is 42.3 Å². The third-order valence-corrected chi connectivity index (χ3v) is 3.60. The lowest BCUT2D eigenvalue weighted by Crippen LogP contribution is -2.00. The second kappa shape index (κ2) is 6.66. The maximum Gasteiger partial charge on any atom is 0.231 e. The molecule has 3 rings (SSSR count). The van der Waals surface area contributed by atoms with Crippen LogP contribution in [0.4, 0.5) is 0 Å². The number of ketones is 1. The summed E-state index contributed by atoms with van der Waals surface area (Å²) in [6.45, 7) is 2.60. The Morgan fingerprint density at radius 2 is 2.00 bits per heavy atom. The molecule has 0 fully saturated rings. The van der Waals surface area contributed by atoms with E-state index in [1.807, 2.05) is 13.0 Å². The fourth-order valence-corrected chi connectivity index (χ4v) is 2.43. The van der Waals surface area contributed by atoms with E-state index in [1.54, 1.807) is 31.4 Å². The molecule has 0 aromatic heterocycles. The fraction of sp³-hybridized carbons (Fsp3) is 0.211. The number of carbonyl (C=O) groups excluding carboxylic acids is 1. The van der Waals surface area contributed by atoms with Crippen molar-refractivity contribution in [1.29, 1.82) is 0 Å². The average Bonchev–Trinajstić information content (AvgIpc) is 2.88. The predicted octanol–water partition coefficient (Wildman–Crippen LogP) is 3.81. The average molecular weight is 326 g/mol. The molecule has 1 aliphatic rings. The summed E-state index contributed by atoms with van der Waals surface area (Å²) in [5, 5.41) is 9.49. The number of ether oxygens (including phenoxy) is 3. The van der Waals surface area contributed by atoms with Crippen LogP contribution >= 0.6 is 0 Å². The molecule has 0 saturated carbocycles. The number of carbonyl (C=O) groups is 1. The van der Waals surface area contributed by atoms with E-state index in [0.29, 0.717) is 29.4 Å². The Hall–Kier alpha value is -2.95. The number of fused-ring (bicyclic) bond motifs is 1. The van der Waals surface area contributed by atoms with Crippen LogP contribution in [0.3, 0.4) is 0 Å². The third kappa shape index (κ3) is 3.06. The Kier molecular flexibility index (Phi) is 4.42. The van der Waals surface area contributed by atoms with Crippen LogP contribution in [0.2, 0.25) is 0 Å². The molecule has 124 valence electrons. The van der Waals surface area contributed by atoms with Crippen LogP contribution in [0, 0.1) is 0 Å². The van der Waals surface area contributed by atoms with E-state index in [9.17, 15) is 9.90 Å². The summed E-state index contributed by atoms with van der Waals surface area (Å²) in [5.41, 5.74) is 1.21. The van der Waals surface area contributed by atoms with Crippen LogP contribution in [0.15, 0.2) is 42.2 Å². The van der Waals surface area contributed by atoms with Gasteiger partial charge in [-0.25, -0.2) is 0 Å². The van der Waals surface area contributed by atoms with Crippen molar-refractivity contribution in [1.82, 2.24) is 0 Å². The van der Waals surface area contributed by atoms with Gasteiger partial charge in [0.1, 0.15) is 11.5 Å². The quantitative estimate of drug-likeness (QED) is 0.847. The van der Waals surface area contributed by atoms with Crippen LogP contribution < -0.4 is 14.2 Å². The van der Waals surface area contributed by atoms with Gasteiger partial charge < -0.3 is 19.3 Å². The standard InChI is InChI=1S/C19H18O5/c1-3-8-23-17-9-12(4-7-15(17)22-2)10-18-19(21)14-6-5-13(20)11-16(14)24-18/h4-7,9-11,20H,3,8H2,1-2H3. The largest absolute Gasteiger partial charge is 0.508 e. The molecule has 0 aliphatic carbocycles. The van der Waals surface area contributed by atoms with Gasteiger partial charge in [0.05, 0.1) is 19.3 Å². The second-order valence-electron chi connectivity index (χ2n) is 5.38. The van der Waals surface area contributed by atoms with Crippen molar-refractivity contribution < 1.29 is 24.1 Å². The molecule has 0 radical (unpaired) electrons. The van der Waals surface area contributed by atoms with E-state index >= 15 is 0 Å². The first kappa shape index (κ1) is 15.9. The van der Waals surface area contributed by atoms with Crippen molar-refractivity contribution in [2.75, 3.05) is 13.7 Å². The summed E-state index contributed by atoms with van der Waals surface area (Å²) in [5.74, 6) is 1.68. The topological polar surface area (TPSA) is 65.0 Å². The predicted molar refractivity (Wildman–Crippen MR) is 89.8 cm³/mol. The molecule has 0 spiro atoms. The van der Waals surface area contributed by atoms with Crippen molar-refractivity contribution in [3.05, 3.63) is 53.3 Å². The van der Waals surface area contributed by atoms with E-state index in [0.717, 1.165) is 12.0 Å². The van der Waals surface area contributed by atoms with Gasteiger partial charge in [0, 0.05) is 6.07 Å². The zero-order valence-corrected chi connectivity index (χ0v) is 13.5. The second-order valence-corrected chi connectivity index (χ2v) is 5.38. The summed E-state index contributed by atoms with van der Waals surface area (Å²) < 4.78 is 16.5. The number of allylic oxidation sites excluding steroid dienone is 1. The number of phenolic OH excluding ortho intramolecular Hbond substituents is 1. The number of benzene rings is 2. The summed E-state index contributed by atoms with van der Waals surface area (Å²) in [6, 6.07) is 9.86. The van der Waals surface area contributed by atoms with Gasteiger partial charge in [0.25, 0.3) is 0 Å². The fourth-order valence-electron chi connectivity index (χ4n) is 2.43. The van der Waals surface area contributed by atoms with Gasteiger partial charge in [-0.3, -0.25) is 4.79 Å². The summed E-state index contributed by atoms with van der Waals surface area (Å²) >= 11 is 0. The Labute approximate surface area is 140 Å². The Morgan fingerprint density at radius 1 is 1.17 bits per heavy atom. The first-order chi connectivity index (χ1) is 11.6. The minimum atomic E-state index is -0.211. The molecule has 24 heavy (non-hydrogen) atoms. The zero-order valence-electron chi connectivity index (χ0n) is 13.5. The van der Waals surface area contributed by atoms with Gasteiger partial charge in [-0.15, -0.1) is 0 Å². The summed E-state index contributed by atoms with van der Waals surface area (Å²) in [4.78, 5) is 12.4. The van der Waals surface area contributed by atoms with Gasteiger partial charge in [-0.2, -0.15) is 0 Å². The molecule has 5 nitrogen and oxygen atoms in total. The highest BCUT2D eigenvalue weighted by Gasteiger charge is 2.27. The van der Waals surface area contributed by atoms with Crippen molar-refractivity contribution in [2.45, 2.75) is 13.3 Å². The maximum absolute atomic E-state index is 12.4. The van der Waals surface area contributed by atoms with Crippen LogP contribution in [0.5, 0.6) is 23.0 Å². The summed E-state index contributed by atoms with van der Waals surface area (Å²) in [7, 11) is 1.58. The van der Waals surface area contributed by atoms with Crippen LogP contribution in [-0.2, 0) is 0 Å². The van der Waals surface area contributed by atoms with Crippen molar-refractivity contribution in [2.24, 2.45) is 0 Å². The van der Waals surface area contributed by atoms with E-state index < -0.39 is 0 Å². The van der Waals surface area contributed by atoms with Gasteiger partial charge >= 0.3 is 0 Å². The van der Waals surface area contributed by atoms with Crippen LogP contribution in [0.25, 0.3) is 6.08 Å². The number of methoxy groups -OCH3 is 1. The molecular weight excluding hydrogens is 308 g/mol. The van der Waals surface area contributed by atoms with Gasteiger partial charge in [0.2, 0.25) is 5.78 Å². The number of rotatable bonds is 5. The Balaban J connectivity index is 1.90. The molecule has 5 heteroatoms. The van der Waals surface area contributed by atoms with E-state index in [1.165, 1.54) is 12.1 Å². The molecular formula is C19H18O5. The highest BCUT2D eigenvalue weighted by Crippen LogP contribution is 2.35. The lowest BCUT2D eigenvalue weighted by atomic mass is 10.1. The number of hydrogen-bond acceptors (Lipinski definition) is 5. The number of aromatic hydroxyl groups is 1. The molecule has 2 aromatic carbocycles. The Morgan fingerprint density at radius 3 is 2.75 bits per heavy atom. The monoisotopic (exact) mass is 326 g/mol. The van der Waals surface area contributed by atoms with Gasteiger partial charge in [0.15, 0.2) is 17.3 Å². The van der Waals surface area contributed by atoms with Gasteiger partial charge in [-0.1, -0.05) is 13.0 Å². The molecule has 1 N–H and O–H groups in total. The molecule has 0 saturated heterocycles. The maximum atomic E-state index is 12.4. The number of hydrogen-bond donors (Lipinski definition) is 1. The van der Waals surface area contributed by atoms with Crippen molar-refractivity contribution in [3.63, 3.8) is 0 Å². The lowest BCUT2D eigenvalue weighted by molar-refractivity contribution is 0.101. The first-order valence-electron chi connectivity index (χ1n) is 7.70. The van der Waals surface area contributed by atoms with Crippen LogP contribution in [-0.4, -0.2) is 24.6 Å². The normalized spacial score (nSPS) is 14.4. The highest BCUT2D eigenvalue weighted by molar-refractivity contribution is 6.14. The first-order valence-corrected chi connectivity index (χ1v) is 7.70. The summed E-state index contributed by atoms with van der Waals surface area (Å²) in [6.07, 6.45) is 2.53. The highest BCUT2D eigenvalue weighted by atomic mass is 16.5. The molecule has 0 amide bonds. The zero-order chi connectivity index (χ0) is 17.1. The van der Waals surface area contributed by atoms with E-state index in [-0.39, 0.29) is 17.3 Å². The van der Waals surface area contributed by atoms with Crippen molar-refractivity contribution in [3.8, 4) is 23.0 Å². The minimum Gasteiger partial charge on any atom is -0.508 e. The van der Waals surface area contributed by atoms with Crippen LogP contribution in [0.1, 0.15) is 29.3 Å². The molecule has 2 aromatic rings. The molecule has 1 aliphatic heterocycles. The van der Waals surface area contributed by atoms with Crippen molar-refractivity contribution >= 4 is 11.9 Å². The number of Topliss-reactive ketones (excluding diaryl/α,β-unsaturated/α-hetero) is 1. The Bertz CT molecular complexity index is 807. The number of phenols is 1. The minimum absolute atomic E-state index is 0.0579. The molecule has 1 heterocycles.